The van der Waals surface area contributed by atoms with Gasteiger partial charge in [0, 0.05) is 24.8 Å². The average molecular weight is 336 g/mol. The molecule has 1 aromatic heterocycles. The lowest BCUT2D eigenvalue weighted by atomic mass is 10.2. The minimum absolute atomic E-state index is 0.165. The number of halogens is 1. The average Bonchev–Trinajstić information content (AvgIpc) is 2.59. The van der Waals surface area contributed by atoms with Crippen molar-refractivity contribution in [2.75, 3.05) is 6.54 Å². The largest absolute Gasteiger partial charge is 0.337 e. The van der Waals surface area contributed by atoms with Gasteiger partial charge >= 0.3 is 0 Å². The Morgan fingerprint density at radius 1 is 1.67 bits per heavy atom. The molecule has 3 nitrogen and oxygen atoms in total. The fraction of sp³-hybridized carbons (Fsp3) is 0.600. The maximum absolute atomic E-state index is 11.3. The zero-order valence-electron chi connectivity index (χ0n) is 8.79. The van der Waals surface area contributed by atoms with E-state index in [0.717, 1.165) is 19.5 Å². The van der Waals surface area contributed by atoms with E-state index in [2.05, 4.69) is 34.5 Å². The maximum atomic E-state index is 11.3. The summed E-state index contributed by atoms with van der Waals surface area (Å²) in [7, 11) is 0. The number of thiazole rings is 1. The van der Waals surface area contributed by atoms with Crippen molar-refractivity contribution in [3.8, 4) is 0 Å². The molecule has 0 saturated carbocycles. The van der Waals surface area contributed by atoms with Gasteiger partial charge in [-0.2, -0.15) is 0 Å². The number of alkyl halides is 1. The van der Waals surface area contributed by atoms with Crippen LogP contribution in [0.25, 0.3) is 0 Å². The van der Waals surface area contributed by atoms with Gasteiger partial charge in [-0.3, -0.25) is 4.79 Å². The van der Waals surface area contributed by atoms with Crippen LogP contribution in [0.2, 0.25) is 0 Å². The van der Waals surface area contributed by atoms with Gasteiger partial charge in [0.15, 0.2) is 0 Å². The number of hydrogen-bond donors (Lipinski definition) is 0. The summed E-state index contributed by atoms with van der Waals surface area (Å²) in [4.78, 5) is 19.0. The Morgan fingerprint density at radius 3 is 3.00 bits per heavy atom. The molecule has 0 N–H and O–H groups in total. The Morgan fingerprint density at radius 2 is 2.40 bits per heavy atom. The summed E-state index contributed by atoms with van der Waals surface area (Å²) in [5, 5.41) is 1.19. The second kappa shape index (κ2) is 4.37. The van der Waals surface area contributed by atoms with Crippen LogP contribution >= 0.6 is 33.9 Å². The molecule has 1 aliphatic heterocycles. The van der Waals surface area contributed by atoms with Gasteiger partial charge in [-0.15, -0.1) is 11.3 Å². The highest BCUT2D eigenvalue weighted by atomic mass is 127. The number of aromatic nitrogens is 1. The quantitative estimate of drug-likeness (QED) is 0.583. The lowest BCUT2D eigenvalue weighted by Gasteiger charge is -2.24. The molecule has 1 aliphatic rings. The van der Waals surface area contributed by atoms with E-state index in [1.165, 1.54) is 15.6 Å². The normalized spacial score (nSPS) is 17.4. The van der Waals surface area contributed by atoms with Gasteiger partial charge in [0.05, 0.1) is 16.2 Å². The van der Waals surface area contributed by atoms with E-state index in [1.54, 1.807) is 18.3 Å². The zero-order valence-corrected chi connectivity index (χ0v) is 11.8. The summed E-state index contributed by atoms with van der Waals surface area (Å²) in [6, 6.07) is 0. The molecular weight excluding hydrogens is 323 g/mol. The predicted octanol–water partition coefficient (Wildman–Crippen LogP) is 2.54. The number of hydrogen-bond acceptors (Lipinski definition) is 3. The van der Waals surface area contributed by atoms with Crippen molar-refractivity contribution >= 4 is 39.8 Å². The topological polar surface area (TPSA) is 33.2 Å². The molecule has 1 amide bonds. The van der Waals surface area contributed by atoms with Gasteiger partial charge < -0.3 is 4.90 Å². The molecule has 82 valence electrons. The van der Waals surface area contributed by atoms with Crippen LogP contribution in [-0.2, 0) is 17.8 Å². The number of carbonyl (C=O) groups is 1. The van der Waals surface area contributed by atoms with E-state index in [4.69, 9.17) is 0 Å². The minimum Gasteiger partial charge on any atom is -0.337 e. The fourth-order valence-corrected chi connectivity index (χ4v) is 3.23. The SMILES string of the molecule is CC(=O)N1CCc2nc(C(C)I)sc2C1. The molecule has 0 bridgehead atoms. The lowest BCUT2D eigenvalue weighted by Crippen LogP contribution is -2.33. The van der Waals surface area contributed by atoms with E-state index in [0.29, 0.717) is 3.92 Å². The van der Waals surface area contributed by atoms with Crippen LogP contribution < -0.4 is 0 Å². The first-order valence-corrected chi connectivity index (χ1v) is 7.02. The van der Waals surface area contributed by atoms with Gasteiger partial charge in [0.25, 0.3) is 0 Å². The van der Waals surface area contributed by atoms with Gasteiger partial charge in [0.2, 0.25) is 5.91 Å². The number of carbonyl (C=O) groups excluding carboxylic acids is 1. The summed E-state index contributed by atoms with van der Waals surface area (Å²) in [6.45, 7) is 5.36. The maximum Gasteiger partial charge on any atom is 0.219 e. The third kappa shape index (κ3) is 2.33. The monoisotopic (exact) mass is 336 g/mol. The molecule has 2 heterocycles. The Balaban J connectivity index is 2.22. The summed E-state index contributed by atoms with van der Waals surface area (Å²) in [6.07, 6.45) is 0.911. The third-order valence-electron chi connectivity index (χ3n) is 2.53. The predicted molar refractivity (Wildman–Crippen MR) is 69.3 cm³/mol. The van der Waals surface area contributed by atoms with Gasteiger partial charge in [0.1, 0.15) is 5.01 Å². The van der Waals surface area contributed by atoms with Crippen LogP contribution in [-0.4, -0.2) is 22.3 Å². The number of amides is 1. The molecule has 5 heteroatoms. The summed E-state index contributed by atoms with van der Waals surface area (Å²) in [5.41, 5.74) is 1.20. The second-order valence-corrected chi connectivity index (χ2v) is 6.71. The van der Waals surface area contributed by atoms with E-state index in [1.807, 2.05) is 4.90 Å². The molecule has 1 atom stereocenters. The van der Waals surface area contributed by atoms with Gasteiger partial charge in [-0.1, -0.05) is 22.6 Å². The first-order chi connectivity index (χ1) is 7.08. The van der Waals surface area contributed by atoms with Crippen LogP contribution in [0.5, 0.6) is 0 Å². The molecule has 1 unspecified atom stereocenters. The smallest absolute Gasteiger partial charge is 0.219 e. The fourth-order valence-electron chi connectivity index (χ4n) is 1.65. The summed E-state index contributed by atoms with van der Waals surface area (Å²) in [5.74, 6) is 0.165. The van der Waals surface area contributed by atoms with Gasteiger partial charge in [-0.25, -0.2) is 4.98 Å². The summed E-state index contributed by atoms with van der Waals surface area (Å²) < 4.78 is 0.462. The second-order valence-electron chi connectivity index (χ2n) is 3.73. The van der Waals surface area contributed by atoms with Crippen molar-refractivity contribution < 1.29 is 4.79 Å². The highest BCUT2D eigenvalue weighted by Crippen LogP contribution is 2.32. The van der Waals surface area contributed by atoms with E-state index < -0.39 is 0 Å². The highest BCUT2D eigenvalue weighted by molar-refractivity contribution is 14.1. The Hall–Kier alpha value is -0.170. The first-order valence-electron chi connectivity index (χ1n) is 4.96. The standard InChI is InChI=1S/C10H13IN2OS/c1-6(11)10-12-8-3-4-13(7(2)14)5-9(8)15-10/h6H,3-5H2,1-2H3. The Bertz CT molecular complexity index is 389. The van der Waals surface area contributed by atoms with Gasteiger partial charge in [-0.05, 0) is 6.92 Å². The molecule has 15 heavy (non-hydrogen) atoms. The van der Waals surface area contributed by atoms with Crippen LogP contribution in [0.1, 0.15) is 33.4 Å². The van der Waals surface area contributed by atoms with Crippen molar-refractivity contribution in [2.24, 2.45) is 0 Å². The van der Waals surface area contributed by atoms with Crippen molar-refractivity contribution in [1.82, 2.24) is 9.88 Å². The molecule has 2 rings (SSSR count). The first kappa shape index (κ1) is 11.3. The van der Waals surface area contributed by atoms with Crippen molar-refractivity contribution in [2.45, 2.75) is 30.7 Å². The van der Waals surface area contributed by atoms with Crippen LogP contribution in [0.3, 0.4) is 0 Å². The molecule has 0 radical (unpaired) electrons. The Labute approximate surface area is 107 Å². The van der Waals surface area contributed by atoms with E-state index in [-0.39, 0.29) is 5.91 Å². The number of rotatable bonds is 1. The van der Waals surface area contributed by atoms with Crippen molar-refractivity contribution in [1.29, 1.82) is 0 Å². The molecule has 0 saturated heterocycles. The van der Waals surface area contributed by atoms with Crippen LogP contribution in [0, 0.1) is 0 Å². The summed E-state index contributed by atoms with van der Waals surface area (Å²) >= 11 is 4.13. The third-order valence-corrected chi connectivity index (χ3v) is 4.81. The zero-order chi connectivity index (χ0) is 11.0. The molecule has 0 fully saturated rings. The van der Waals surface area contributed by atoms with E-state index >= 15 is 0 Å². The minimum atomic E-state index is 0.165. The van der Waals surface area contributed by atoms with Crippen LogP contribution in [0.15, 0.2) is 0 Å². The van der Waals surface area contributed by atoms with Crippen molar-refractivity contribution in [3.63, 3.8) is 0 Å². The molecular formula is C10H13IN2OS. The highest BCUT2D eigenvalue weighted by Gasteiger charge is 2.22. The molecule has 0 aliphatic carbocycles. The number of nitrogens with zero attached hydrogens (tertiary/aromatic N) is 2. The lowest BCUT2D eigenvalue weighted by molar-refractivity contribution is -0.129. The molecule has 1 aromatic rings. The molecule has 0 aromatic carbocycles. The Kier molecular flexibility index (Phi) is 3.30. The number of fused-ring (bicyclic) bond motifs is 1. The van der Waals surface area contributed by atoms with Crippen molar-refractivity contribution in [3.05, 3.63) is 15.6 Å². The molecule has 0 spiro atoms. The van der Waals surface area contributed by atoms with E-state index in [9.17, 15) is 4.79 Å². The van der Waals surface area contributed by atoms with Crippen LogP contribution in [0.4, 0.5) is 0 Å².